The Bertz CT molecular complexity index is 466. The number of rotatable bonds is 4. The van der Waals surface area contributed by atoms with Gasteiger partial charge in [-0.25, -0.2) is 0 Å². The van der Waals surface area contributed by atoms with E-state index >= 15 is 0 Å². The summed E-state index contributed by atoms with van der Waals surface area (Å²) in [6.45, 7) is 2.73. The Balaban J connectivity index is 1.91. The monoisotopic (exact) mass is 276 g/mol. The summed E-state index contributed by atoms with van der Waals surface area (Å²) in [4.78, 5) is 12.2. The molecule has 0 aliphatic heterocycles. The van der Waals surface area contributed by atoms with Crippen molar-refractivity contribution in [2.45, 2.75) is 39.2 Å². The molecule has 0 radical (unpaired) electrons. The molecule has 110 valence electrons. The van der Waals surface area contributed by atoms with E-state index < -0.39 is 0 Å². The van der Waals surface area contributed by atoms with Gasteiger partial charge in [0.1, 0.15) is 5.75 Å². The van der Waals surface area contributed by atoms with Crippen LogP contribution in [0.2, 0.25) is 0 Å². The topological polar surface area (TPSA) is 64.3 Å². The summed E-state index contributed by atoms with van der Waals surface area (Å²) in [5, 5.41) is 3.01. The zero-order valence-corrected chi connectivity index (χ0v) is 12.3. The van der Waals surface area contributed by atoms with Crippen molar-refractivity contribution in [3.05, 3.63) is 23.8 Å². The molecule has 0 spiro atoms. The van der Waals surface area contributed by atoms with Crippen LogP contribution in [-0.4, -0.2) is 13.0 Å². The van der Waals surface area contributed by atoms with Gasteiger partial charge in [-0.05, 0) is 49.8 Å². The van der Waals surface area contributed by atoms with Crippen molar-refractivity contribution in [1.29, 1.82) is 0 Å². The number of benzene rings is 1. The largest absolute Gasteiger partial charge is 0.496 e. The summed E-state index contributed by atoms with van der Waals surface area (Å²) in [6, 6.07) is 5.48. The van der Waals surface area contributed by atoms with Crippen LogP contribution in [0.3, 0.4) is 0 Å². The van der Waals surface area contributed by atoms with Crippen molar-refractivity contribution in [3.8, 4) is 5.75 Å². The van der Waals surface area contributed by atoms with Crippen LogP contribution in [-0.2, 0) is 11.3 Å². The van der Waals surface area contributed by atoms with Gasteiger partial charge in [0.2, 0.25) is 5.91 Å². The summed E-state index contributed by atoms with van der Waals surface area (Å²) in [5.74, 6) is 1.84. The molecule has 4 nitrogen and oxygen atoms in total. The molecule has 1 amide bonds. The van der Waals surface area contributed by atoms with E-state index in [1.807, 2.05) is 12.1 Å². The van der Waals surface area contributed by atoms with E-state index in [2.05, 4.69) is 12.2 Å². The number of anilines is 1. The van der Waals surface area contributed by atoms with Gasteiger partial charge < -0.3 is 15.8 Å². The van der Waals surface area contributed by atoms with Gasteiger partial charge in [0.05, 0.1) is 7.11 Å². The maximum absolute atomic E-state index is 12.2. The highest BCUT2D eigenvalue weighted by molar-refractivity contribution is 5.78. The van der Waals surface area contributed by atoms with Crippen molar-refractivity contribution in [1.82, 2.24) is 5.32 Å². The third kappa shape index (κ3) is 3.65. The van der Waals surface area contributed by atoms with Gasteiger partial charge in [-0.2, -0.15) is 0 Å². The molecule has 1 aliphatic carbocycles. The first-order valence-corrected chi connectivity index (χ1v) is 7.30. The van der Waals surface area contributed by atoms with Crippen LogP contribution >= 0.6 is 0 Å². The lowest BCUT2D eigenvalue weighted by atomic mass is 9.82. The van der Waals surface area contributed by atoms with Crippen LogP contribution in [0.5, 0.6) is 5.75 Å². The Morgan fingerprint density at radius 3 is 2.70 bits per heavy atom. The summed E-state index contributed by atoms with van der Waals surface area (Å²) >= 11 is 0. The standard InChI is InChI=1S/C16H24N2O2/c1-11-3-5-12(6-4-11)16(19)18-10-13-9-14(17)7-8-15(13)20-2/h7-9,11-12H,3-6,10,17H2,1-2H3,(H,18,19). The van der Waals surface area contributed by atoms with E-state index in [0.717, 1.165) is 42.9 Å². The van der Waals surface area contributed by atoms with Gasteiger partial charge in [-0.3, -0.25) is 4.79 Å². The summed E-state index contributed by atoms with van der Waals surface area (Å²) in [6.07, 6.45) is 4.31. The second kappa shape index (κ2) is 6.64. The van der Waals surface area contributed by atoms with Crippen LogP contribution in [0, 0.1) is 11.8 Å². The minimum atomic E-state index is 0.154. The molecule has 1 aliphatic rings. The third-order valence-electron chi connectivity index (χ3n) is 4.14. The van der Waals surface area contributed by atoms with Crippen LogP contribution in [0.4, 0.5) is 5.69 Å². The Kier molecular flexibility index (Phi) is 4.88. The molecular formula is C16H24N2O2. The maximum Gasteiger partial charge on any atom is 0.223 e. The van der Waals surface area contributed by atoms with Crippen LogP contribution in [0.15, 0.2) is 18.2 Å². The number of carbonyl (C=O) groups is 1. The minimum Gasteiger partial charge on any atom is -0.496 e. The molecule has 1 saturated carbocycles. The number of ether oxygens (including phenoxy) is 1. The molecule has 0 bridgehead atoms. The molecule has 0 heterocycles. The predicted octanol–water partition coefficient (Wildman–Crippen LogP) is 2.72. The van der Waals surface area contributed by atoms with Gasteiger partial charge in [-0.1, -0.05) is 6.92 Å². The van der Waals surface area contributed by atoms with Gasteiger partial charge in [0, 0.05) is 23.7 Å². The average Bonchev–Trinajstić information content (AvgIpc) is 2.45. The quantitative estimate of drug-likeness (QED) is 0.831. The molecule has 3 N–H and O–H groups in total. The lowest BCUT2D eigenvalue weighted by molar-refractivity contribution is -0.126. The maximum atomic E-state index is 12.2. The SMILES string of the molecule is COc1ccc(N)cc1CNC(=O)C1CCC(C)CC1. The minimum absolute atomic E-state index is 0.154. The number of carbonyl (C=O) groups excluding carboxylic acids is 1. The second-order valence-electron chi connectivity index (χ2n) is 5.75. The third-order valence-corrected chi connectivity index (χ3v) is 4.14. The molecule has 4 heteroatoms. The lowest BCUT2D eigenvalue weighted by Crippen LogP contribution is -2.32. The molecule has 0 aromatic heterocycles. The molecule has 20 heavy (non-hydrogen) atoms. The molecule has 0 unspecified atom stereocenters. The number of methoxy groups -OCH3 is 1. The van der Waals surface area contributed by atoms with E-state index in [1.54, 1.807) is 13.2 Å². The molecule has 1 fully saturated rings. The van der Waals surface area contributed by atoms with Crippen molar-refractivity contribution < 1.29 is 9.53 Å². The first kappa shape index (κ1) is 14.7. The van der Waals surface area contributed by atoms with Crippen molar-refractivity contribution in [3.63, 3.8) is 0 Å². The van der Waals surface area contributed by atoms with E-state index in [9.17, 15) is 4.79 Å². The number of amides is 1. The molecule has 1 aromatic carbocycles. The second-order valence-corrected chi connectivity index (χ2v) is 5.75. The Hall–Kier alpha value is -1.71. The normalized spacial score (nSPS) is 22.3. The summed E-state index contributed by atoms with van der Waals surface area (Å²) in [7, 11) is 1.62. The van der Waals surface area contributed by atoms with Crippen molar-refractivity contribution in [2.24, 2.45) is 11.8 Å². The van der Waals surface area contributed by atoms with E-state index in [0.29, 0.717) is 12.2 Å². The van der Waals surface area contributed by atoms with E-state index in [4.69, 9.17) is 10.5 Å². The number of nitrogens with two attached hydrogens (primary N) is 1. The Morgan fingerprint density at radius 1 is 1.35 bits per heavy atom. The Labute approximate surface area is 120 Å². The first-order valence-electron chi connectivity index (χ1n) is 7.30. The lowest BCUT2D eigenvalue weighted by Gasteiger charge is -2.25. The number of nitrogens with one attached hydrogen (secondary N) is 1. The van der Waals surface area contributed by atoms with E-state index in [-0.39, 0.29) is 11.8 Å². The van der Waals surface area contributed by atoms with Crippen LogP contribution in [0.1, 0.15) is 38.2 Å². The molecule has 1 aromatic rings. The van der Waals surface area contributed by atoms with E-state index in [1.165, 1.54) is 0 Å². The molecule has 0 saturated heterocycles. The van der Waals surface area contributed by atoms with Gasteiger partial charge >= 0.3 is 0 Å². The van der Waals surface area contributed by atoms with Crippen LogP contribution < -0.4 is 15.8 Å². The van der Waals surface area contributed by atoms with Gasteiger partial charge in [0.25, 0.3) is 0 Å². The zero-order chi connectivity index (χ0) is 14.5. The Morgan fingerprint density at radius 2 is 2.05 bits per heavy atom. The first-order chi connectivity index (χ1) is 9.60. The zero-order valence-electron chi connectivity index (χ0n) is 12.3. The highest BCUT2D eigenvalue weighted by Crippen LogP contribution is 2.28. The fourth-order valence-electron chi connectivity index (χ4n) is 2.79. The summed E-state index contributed by atoms with van der Waals surface area (Å²) in [5.41, 5.74) is 7.38. The summed E-state index contributed by atoms with van der Waals surface area (Å²) < 4.78 is 5.29. The number of hydrogen-bond donors (Lipinski definition) is 2. The van der Waals surface area contributed by atoms with Gasteiger partial charge in [-0.15, -0.1) is 0 Å². The van der Waals surface area contributed by atoms with Crippen molar-refractivity contribution in [2.75, 3.05) is 12.8 Å². The van der Waals surface area contributed by atoms with Crippen molar-refractivity contribution >= 4 is 11.6 Å². The molecule has 2 rings (SSSR count). The fourth-order valence-corrected chi connectivity index (χ4v) is 2.79. The number of hydrogen-bond acceptors (Lipinski definition) is 3. The highest BCUT2D eigenvalue weighted by Gasteiger charge is 2.24. The van der Waals surface area contributed by atoms with Gasteiger partial charge in [0.15, 0.2) is 0 Å². The molecule has 0 atom stereocenters. The number of nitrogen functional groups attached to an aromatic ring is 1. The average molecular weight is 276 g/mol. The highest BCUT2D eigenvalue weighted by atomic mass is 16.5. The smallest absolute Gasteiger partial charge is 0.223 e. The van der Waals surface area contributed by atoms with Crippen LogP contribution in [0.25, 0.3) is 0 Å². The fraction of sp³-hybridized carbons (Fsp3) is 0.562. The molecular weight excluding hydrogens is 252 g/mol. The predicted molar refractivity (Wildman–Crippen MR) is 80.4 cm³/mol.